The van der Waals surface area contributed by atoms with E-state index in [1.807, 2.05) is 0 Å². The van der Waals surface area contributed by atoms with Crippen molar-refractivity contribution in [3.8, 4) is 0 Å². The maximum absolute atomic E-state index is 12.3. The number of likely N-dealkylation sites (tertiary alicyclic amines) is 2. The summed E-state index contributed by atoms with van der Waals surface area (Å²) in [5, 5.41) is 18.7. The lowest BCUT2D eigenvalue weighted by Gasteiger charge is -2.35. The van der Waals surface area contributed by atoms with E-state index in [1.165, 1.54) is 4.90 Å². The van der Waals surface area contributed by atoms with E-state index in [0.717, 1.165) is 12.8 Å². The van der Waals surface area contributed by atoms with Crippen LogP contribution in [0.5, 0.6) is 0 Å². The number of rotatable bonds is 2. The second-order valence-corrected chi connectivity index (χ2v) is 5.12. The maximum atomic E-state index is 12.3. The van der Waals surface area contributed by atoms with Gasteiger partial charge >= 0.3 is 12.0 Å². The molecule has 0 aromatic carbocycles. The van der Waals surface area contributed by atoms with Gasteiger partial charge in [-0.15, -0.1) is 0 Å². The second kappa shape index (κ2) is 5.75. The molecule has 2 saturated heterocycles. The lowest BCUT2D eigenvalue weighted by molar-refractivity contribution is -0.141. The molecule has 0 aromatic rings. The molecule has 2 heterocycles. The van der Waals surface area contributed by atoms with Gasteiger partial charge in [-0.1, -0.05) is 0 Å². The van der Waals surface area contributed by atoms with Crippen LogP contribution in [0.25, 0.3) is 0 Å². The van der Waals surface area contributed by atoms with E-state index in [-0.39, 0.29) is 25.1 Å². The van der Waals surface area contributed by atoms with Gasteiger partial charge in [0, 0.05) is 33.2 Å². The number of β-amino-alcohol motifs (C(OH)–C–C–N with tert-alkyl or cyclic N) is 1. The third kappa shape index (κ3) is 2.98. The molecular formula is C12H20N2O5. The molecule has 0 saturated carbocycles. The van der Waals surface area contributed by atoms with Crippen LogP contribution in [0, 0.1) is 0 Å². The van der Waals surface area contributed by atoms with E-state index in [2.05, 4.69) is 0 Å². The topological polar surface area (TPSA) is 90.3 Å². The number of hydrogen-bond acceptors (Lipinski definition) is 4. The van der Waals surface area contributed by atoms with Gasteiger partial charge in [0.25, 0.3) is 0 Å². The number of carbonyl (C=O) groups is 2. The zero-order chi connectivity index (χ0) is 14.0. The number of urea groups is 1. The van der Waals surface area contributed by atoms with Gasteiger partial charge in [0.15, 0.2) is 0 Å². The summed E-state index contributed by atoms with van der Waals surface area (Å²) in [4.78, 5) is 26.3. The largest absolute Gasteiger partial charge is 0.480 e. The van der Waals surface area contributed by atoms with Gasteiger partial charge in [-0.2, -0.15) is 0 Å². The molecule has 2 rings (SSSR count). The van der Waals surface area contributed by atoms with Crippen molar-refractivity contribution in [2.75, 3.05) is 26.7 Å². The summed E-state index contributed by atoms with van der Waals surface area (Å²) in [6.45, 7) is 1.18. The molecular weight excluding hydrogens is 252 g/mol. The van der Waals surface area contributed by atoms with Crippen molar-refractivity contribution in [3.63, 3.8) is 0 Å². The van der Waals surface area contributed by atoms with Crippen LogP contribution >= 0.6 is 0 Å². The third-order valence-corrected chi connectivity index (χ3v) is 3.79. The zero-order valence-corrected chi connectivity index (χ0v) is 11.0. The molecule has 1 unspecified atom stereocenters. The van der Waals surface area contributed by atoms with Crippen molar-refractivity contribution in [3.05, 3.63) is 0 Å². The fraction of sp³-hybridized carbons (Fsp3) is 0.833. The van der Waals surface area contributed by atoms with Crippen LogP contribution < -0.4 is 0 Å². The van der Waals surface area contributed by atoms with E-state index >= 15 is 0 Å². The smallest absolute Gasteiger partial charge is 0.326 e. The average molecular weight is 272 g/mol. The minimum absolute atomic E-state index is 0.00787. The predicted octanol–water partition coefficient (Wildman–Crippen LogP) is -0.263. The molecule has 2 aliphatic heterocycles. The molecule has 0 radical (unpaired) electrons. The van der Waals surface area contributed by atoms with Gasteiger partial charge in [0.1, 0.15) is 6.04 Å². The Hall–Kier alpha value is -1.34. The molecule has 7 nitrogen and oxygen atoms in total. The molecule has 2 N–H and O–H groups in total. The number of aliphatic hydroxyl groups is 1. The number of amides is 2. The minimum Gasteiger partial charge on any atom is -0.480 e. The summed E-state index contributed by atoms with van der Waals surface area (Å²) in [6, 6.07) is -1.24. The zero-order valence-electron chi connectivity index (χ0n) is 11.0. The molecule has 3 atom stereocenters. The van der Waals surface area contributed by atoms with E-state index in [4.69, 9.17) is 9.84 Å². The Kier molecular flexibility index (Phi) is 4.26. The quantitative estimate of drug-likeness (QED) is 0.722. The highest BCUT2D eigenvalue weighted by Gasteiger charge is 2.41. The summed E-state index contributed by atoms with van der Waals surface area (Å²) in [5.41, 5.74) is 0. The van der Waals surface area contributed by atoms with Crippen LogP contribution in [0.15, 0.2) is 0 Å². The summed E-state index contributed by atoms with van der Waals surface area (Å²) in [6.07, 6.45) is 1.10. The molecule has 108 valence electrons. The van der Waals surface area contributed by atoms with E-state index in [0.29, 0.717) is 13.1 Å². The standard InChI is InChI=1S/C12H20N2O5/c1-19-9-3-2-4-13(7-9)12(18)14-6-8(15)5-10(14)11(16)17/h8-10,15H,2-7H2,1H3,(H,16,17)/t8-,9?,10-/m1/s1. The first-order chi connectivity index (χ1) is 9.02. The van der Waals surface area contributed by atoms with Crippen molar-refractivity contribution in [2.45, 2.75) is 37.5 Å². The molecule has 2 amide bonds. The molecule has 0 aromatic heterocycles. The van der Waals surface area contributed by atoms with Gasteiger partial charge in [-0.25, -0.2) is 9.59 Å². The van der Waals surface area contributed by atoms with Crippen LogP contribution in [-0.4, -0.2) is 77.0 Å². The number of methoxy groups -OCH3 is 1. The van der Waals surface area contributed by atoms with Gasteiger partial charge in [0.05, 0.1) is 12.2 Å². The maximum Gasteiger partial charge on any atom is 0.326 e. The number of ether oxygens (including phenoxy) is 1. The molecule has 7 heteroatoms. The Morgan fingerprint density at radius 2 is 2.05 bits per heavy atom. The monoisotopic (exact) mass is 272 g/mol. The molecule has 0 bridgehead atoms. The fourth-order valence-electron chi connectivity index (χ4n) is 2.75. The number of nitrogens with zero attached hydrogens (tertiary/aromatic N) is 2. The Labute approximate surface area is 111 Å². The molecule has 0 aliphatic carbocycles. The van der Waals surface area contributed by atoms with Crippen molar-refractivity contribution >= 4 is 12.0 Å². The normalized spacial score (nSPS) is 31.6. The average Bonchev–Trinajstić information content (AvgIpc) is 2.80. The third-order valence-electron chi connectivity index (χ3n) is 3.79. The minimum atomic E-state index is -1.06. The number of aliphatic carboxylic acids is 1. The highest BCUT2D eigenvalue weighted by molar-refractivity contribution is 5.83. The van der Waals surface area contributed by atoms with Gasteiger partial charge in [-0.3, -0.25) is 0 Å². The molecule has 2 aliphatic rings. The Bertz CT molecular complexity index is 362. The number of aliphatic hydroxyl groups excluding tert-OH is 1. The number of carbonyl (C=O) groups excluding carboxylic acids is 1. The second-order valence-electron chi connectivity index (χ2n) is 5.12. The fourth-order valence-corrected chi connectivity index (χ4v) is 2.75. The lowest BCUT2D eigenvalue weighted by atomic mass is 10.1. The van der Waals surface area contributed by atoms with Crippen LogP contribution in [0.1, 0.15) is 19.3 Å². The first kappa shape index (κ1) is 14.1. The van der Waals surface area contributed by atoms with Crippen LogP contribution in [0.3, 0.4) is 0 Å². The Balaban J connectivity index is 2.03. The number of carboxylic acids is 1. The van der Waals surface area contributed by atoms with E-state index < -0.39 is 18.1 Å². The number of piperidine rings is 1. The number of hydrogen-bond donors (Lipinski definition) is 2. The SMILES string of the molecule is COC1CCCN(C(=O)N2C[C@H](O)C[C@@H]2C(=O)O)C1. The van der Waals surface area contributed by atoms with Crippen molar-refractivity contribution < 1.29 is 24.5 Å². The van der Waals surface area contributed by atoms with Gasteiger partial charge in [-0.05, 0) is 12.8 Å². The summed E-state index contributed by atoms with van der Waals surface area (Å²) < 4.78 is 5.25. The predicted molar refractivity (Wildman–Crippen MR) is 65.8 cm³/mol. The Morgan fingerprint density at radius 3 is 2.68 bits per heavy atom. The van der Waals surface area contributed by atoms with Crippen LogP contribution in [0.4, 0.5) is 4.79 Å². The van der Waals surface area contributed by atoms with Crippen molar-refractivity contribution in [2.24, 2.45) is 0 Å². The molecule has 19 heavy (non-hydrogen) atoms. The summed E-state index contributed by atoms with van der Waals surface area (Å²) >= 11 is 0. The highest BCUT2D eigenvalue weighted by atomic mass is 16.5. The van der Waals surface area contributed by atoms with E-state index in [1.54, 1.807) is 12.0 Å². The summed E-state index contributed by atoms with van der Waals surface area (Å²) in [5.74, 6) is -1.06. The van der Waals surface area contributed by atoms with Crippen LogP contribution in [-0.2, 0) is 9.53 Å². The highest BCUT2D eigenvalue weighted by Crippen LogP contribution is 2.22. The first-order valence-corrected chi connectivity index (χ1v) is 6.52. The van der Waals surface area contributed by atoms with Gasteiger partial charge < -0.3 is 24.7 Å². The van der Waals surface area contributed by atoms with Crippen LogP contribution in [0.2, 0.25) is 0 Å². The summed E-state index contributed by atoms with van der Waals surface area (Å²) in [7, 11) is 1.61. The first-order valence-electron chi connectivity index (χ1n) is 6.52. The number of carboxylic acid groups (broad SMARTS) is 1. The van der Waals surface area contributed by atoms with Crippen molar-refractivity contribution in [1.29, 1.82) is 0 Å². The van der Waals surface area contributed by atoms with E-state index in [9.17, 15) is 14.7 Å². The molecule has 0 spiro atoms. The molecule has 2 fully saturated rings. The Morgan fingerprint density at radius 1 is 1.32 bits per heavy atom. The lowest BCUT2D eigenvalue weighted by Crippen LogP contribution is -2.52. The van der Waals surface area contributed by atoms with Crippen molar-refractivity contribution in [1.82, 2.24) is 9.80 Å². The van der Waals surface area contributed by atoms with Gasteiger partial charge in [0.2, 0.25) is 0 Å².